The molecule has 0 saturated carbocycles. The van der Waals surface area contributed by atoms with Gasteiger partial charge in [-0.3, -0.25) is 4.90 Å². The number of anilines is 3. The predicted molar refractivity (Wildman–Crippen MR) is 156 cm³/mol. The fourth-order valence-electron chi connectivity index (χ4n) is 5.33. The van der Waals surface area contributed by atoms with Crippen molar-refractivity contribution in [2.45, 2.75) is 19.3 Å². The summed E-state index contributed by atoms with van der Waals surface area (Å²) in [6.45, 7) is 4.47. The van der Waals surface area contributed by atoms with Crippen molar-refractivity contribution in [1.29, 1.82) is 0 Å². The van der Waals surface area contributed by atoms with E-state index in [0.717, 1.165) is 67.6 Å². The van der Waals surface area contributed by atoms with E-state index < -0.39 is 11.7 Å². The van der Waals surface area contributed by atoms with Gasteiger partial charge in [-0.1, -0.05) is 36.4 Å². The molecule has 1 N–H and O–H groups in total. The van der Waals surface area contributed by atoms with Gasteiger partial charge < -0.3 is 24.3 Å². The fourth-order valence-corrected chi connectivity index (χ4v) is 5.33. The van der Waals surface area contributed by atoms with Crippen molar-refractivity contribution in [3.05, 3.63) is 95.8 Å². The average Bonchev–Trinajstić information content (AvgIpc) is 3.65. The third kappa shape index (κ3) is 5.78. The normalized spacial score (nSPS) is 15.3. The molecular weight excluding hydrogens is 559 g/mol. The van der Waals surface area contributed by atoms with Crippen LogP contribution in [0, 0.1) is 0 Å². The first-order valence-corrected chi connectivity index (χ1v) is 14.0. The molecule has 2 aliphatic heterocycles. The first-order chi connectivity index (χ1) is 20.9. The summed E-state index contributed by atoms with van der Waals surface area (Å²) in [5.41, 5.74) is 3.24. The molecule has 4 heterocycles. The van der Waals surface area contributed by atoms with Gasteiger partial charge in [0.25, 0.3) is 0 Å². The molecular formula is C31H28F3N7O2. The zero-order valence-corrected chi connectivity index (χ0v) is 23.1. The van der Waals surface area contributed by atoms with Gasteiger partial charge in [-0.25, -0.2) is 4.98 Å². The number of ether oxygens (including phenoxy) is 2. The number of nitrogens with zero attached hydrogens (tertiary/aromatic N) is 6. The number of hydrogen-bond donors (Lipinski definition) is 1. The molecule has 2 aromatic heterocycles. The largest absolute Gasteiger partial charge is 0.454 e. The van der Waals surface area contributed by atoms with Gasteiger partial charge in [0, 0.05) is 38.4 Å². The Balaban J connectivity index is 1.13. The Morgan fingerprint density at radius 2 is 1.53 bits per heavy atom. The second kappa shape index (κ2) is 11.1. The molecule has 12 heteroatoms. The summed E-state index contributed by atoms with van der Waals surface area (Å²) in [7, 11) is 0. The minimum absolute atomic E-state index is 0.256. The van der Waals surface area contributed by atoms with Gasteiger partial charge in [0.2, 0.25) is 12.7 Å². The molecule has 1 fully saturated rings. The highest BCUT2D eigenvalue weighted by molar-refractivity contribution is 5.86. The maximum absolute atomic E-state index is 13.1. The summed E-state index contributed by atoms with van der Waals surface area (Å²) in [5, 5.41) is 3.38. The Morgan fingerprint density at radius 3 is 2.30 bits per heavy atom. The first-order valence-electron chi connectivity index (χ1n) is 14.0. The molecule has 0 spiro atoms. The van der Waals surface area contributed by atoms with Crippen LogP contribution in [0.2, 0.25) is 0 Å². The molecule has 0 bridgehead atoms. The third-order valence-corrected chi connectivity index (χ3v) is 7.62. The molecule has 3 aromatic carbocycles. The Kier molecular flexibility index (Phi) is 6.98. The Morgan fingerprint density at radius 1 is 0.791 bits per heavy atom. The highest BCUT2D eigenvalue weighted by atomic mass is 19.4. The van der Waals surface area contributed by atoms with E-state index in [4.69, 9.17) is 19.4 Å². The first kappa shape index (κ1) is 27.0. The minimum atomic E-state index is -4.38. The second-order valence-electron chi connectivity index (χ2n) is 10.6. The summed E-state index contributed by atoms with van der Waals surface area (Å²) in [6.07, 6.45) is -2.73. The molecule has 0 unspecified atom stereocenters. The number of imidazole rings is 1. The van der Waals surface area contributed by atoms with E-state index in [1.807, 2.05) is 47.0 Å². The van der Waals surface area contributed by atoms with Gasteiger partial charge in [-0.15, -0.1) is 0 Å². The van der Waals surface area contributed by atoms with Gasteiger partial charge in [-0.2, -0.15) is 23.1 Å². The maximum Gasteiger partial charge on any atom is 0.416 e. The van der Waals surface area contributed by atoms with Gasteiger partial charge >= 0.3 is 6.18 Å². The molecule has 7 rings (SSSR count). The lowest BCUT2D eigenvalue weighted by Gasteiger charge is -2.34. The van der Waals surface area contributed by atoms with Crippen LogP contribution < -0.4 is 19.7 Å². The highest BCUT2D eigenvalue weighted by Crippen LogP contribution is 2.33. The molecule has 0 aliphatic carbocycles. The Bertz CT molecular complexity index is 1730. The van der Waals surface area contributed by atoms with E-state index in [0.29, 0.717) is 35.0 Å². The van der Waals surface area contributed by atoms with Crippen molar-refractivity contribution >= 4 is 28.6 Å². The van der Waals surface area contributed by atoms with Crippen LogP contribution in [0.4, 0.5) is 30.6 Å². The summed E-state index contributed by atoms with van der Waals surface area (Å²) in [6, 6.07) is 20.9. The van der Waals surface area contributed by atoms with Crippen LogP contribution in [0.3, 0.4) is 0 Å². The SMILES string of the molecule is FC(F)(F)c1ccc(Cn2cnc3c(Nc4ccccc4)nc(N4CCN(Cc5ccc6c(c5)OCO6)CC4)nc32)cc1. The van der Waals surface area contributed by atoms with E-state index in [-0.39, 0.29) is 6.79 Å². The number of benzene rings is 3. The summed E-state index contributed by atoms with van der Waals surface area (Å²) >= 11 is 0. The van der Waals surface area contributed by atoms with Crippen molar-refractivity contribution in [3.8, 4) is 11.5 Å². The van der Waals surface area contributed by atoms with Crippen molar-refractivity contribution in [2.24, 2.45) is 0 Å². The molecule has 43 heavy (non-hydrogen) atoms. The van der Waals surface area contributed by atoms with Crippen LogP contribution in [-0.4, -0.2) is 57.4 Å². The molecule has 0 amide bonds. The molecule has 0 atom stereocenters. The molecule has 9 nitrogen and oxygen atoms in total. The fraction of sp³-hybridized carbons (Fsp3) is 0.258. The van der Waals surface area contributed by atoms with Crippen LogP contribution in [0.15, 0.2) is 79.1 Å². The lowest BCUT2D eigenvalue weighted by Crippen LogP contribution is -2.46. The van der Waals surface area contributed by atoms with E-state index in [1.54, 1.807) is 6.33 Å². The van der Waals surface area contributed by atoms with Crippen LogP contribution >= 0.6 is 0 Å². The van der Waals surface area contributed by atoms with Crippen LogP contribution in [0.5, 0.6) is 11.5 Å². The molecule has 2 aliphatic rings. The number of alkyl halides is 3. The van der Waals surface area contributed by atoms with E-state index >= 15 is 0 Å². The van der Waals surface area contributed by atoms with Crippen molar-refractivity contribution < 1.29 is 22.6 Å². The van der Waals surface area contributed by atoms with Crippen LogP contribution in [0.1, 0.15) is 16.7 Å². The predicted octanol–water partition coefficient (Wildman–Crippen LogP) is 5.69. The lowest BCUT2D eigenvalue weighted by molar-refractivity contribution is -0.137. The monoisotopic (exact) mass is 587 g/mol. The molecule has 0 radical (unpaired) electrons. The van der Waals surface area contributed by atoms with Crippen molar-refractivity contribution in [3.63, 3.8) is 0 Å². The Labute approximate surface area is 245 Å². The zero-order valence-electron chi connectivity index (χ0n) is 23.1. The maximum atomic E-state index is 13.1. The number of aromatic nitrogens is 4. The standard InChI is InChI=1S/C31H28F3N7O2/c32-31(33,34)23-9-6-21(7-10-23)18-41-19-35-27-28(36-24-4-2-1-3-5-24)37-30(38-29(27)41)40-14-12-39(13-15-40)17-22-8-11-25-26(16-22)43-20-42-25/h1-11,16,19H,12-15,17-18,20H2,(H,36,37,38). The van der Waals surface area contributed by atoms with E-state index in [9.17, 15) is 13.2 Å². The summed E-state index contributed by atoms with van der Waals surface area (Å²) in [5.74, 6) is 2.70. The number of hydrogen-bond acceptors (Lipinski definition) is 8. The number of piperazine rings is 1. The summed E-state index contributed by atoms with van der Waals surface area (Å²) < 4.78 is 52.0. The van der Waals surface area contributed by atoms with Gasteiger partial charge in [0.1, 0.15) is 0 Å². The summed E-state index contributed by atoms with van der Waals surface area (Å²) in [4.78, 5) is 18.9. The van der Waals surface area contributed by atoms with Crippen molar-refractivity contribution in [2.75, 3.05) is 43.2 Å². The quantitative estimate of drug-likeness (QED) is 0.260. The highest BCUT2D eigenvalue weighted by Gasteiger charge is 2.30. The molecule has 5 aromatic rings. The van der Waals surface area contributed by atoms with Gasteiger partial charge in [0.15, 0.2) is 28.5 Å². The number of nitrogens with one attached hydrogen (secondary N) is 1. The third-order valence-electron chi connectivity index (χ3n) is 7.62. The minimum Gasteiger partial charge on any atom is -0.454 e. The van der Waals surface area contributed by atoms with E-state index in [2.05, 4.69) is 26.2 Å². The molecule has 220 valence electrons. The van der Waals surface area contributed by atoms with Crippen molar-refractivity contribution in [1.82, 2.24) is 24.4 Å². The van der Waals surface area contributed by atoms with Gasteiger partial charge in [0.05, 0.1) is 18.4 Å². The number of halogens is 3. The second-order valence-corrected chi connectivity index (χ2v) is 10.6. The number of para-hydroxylation sites is 1. The van der Waals surface area contributed by atoms with Crippen LogP contribution in [0.25, 0.3) is 11.2 Å². The topological polar surface area (TPSA) is 80.6 Å². The molecule has 1 saturated heterocycles. The van der Waals surface area contributed by atoms with Crippen LogP contribution in [-0.2, 0) is 19.3 Å². The lowest BCUT2D eigenvalue weighted by atomic mass is 10.1. The number of rotatable bonds is 7. The number of fused-ring (bicyclic) bond motifs is 2. The zero-order chi connectivity index (χ0) is 29.4. The Hall–Kier alpha value is -4.84. The smallest absolute Gasteiger partial charge is 0.416 e. The van der Waals surface area contributed by atoms with E-state index in [1.165, 1.54) is 12.1 Å². The van der Waals surface area contributed by atoms with Gasteiger partial charge in [-0.05, 0) is 47.5 Å². The average molecular weight is 588 g/mol.